The van der Waals surface area contributed by atoms with Crippen LogP contribution >= 0.6 is 31.9 Å². The van der Waals surface area contributed by atoms with Crippen molar-refractivity contribution in [3.05, 3.63) is 26.6 Å². The molecule has 0 bridgehead atoms. The Morgan fingerprint density at radius 1 is 1.19 bits per heavy atom. The van der Waals surface area contributed by atoms with Gasteiger partial charge in [0.05, 0.1) is 4.90 Å². The molecule has 0 spiro atoms. The standard InChI is InChI=1S/C14H20Br2N2O2S/c1-9-5-12(16)14(6-11(9)15)21(19,20)18-7-10(2)13(8-18)17(3)4/h5-6,10,13H,7-8H2,1-4H3. The van der Waals surface area contributed by atoms with Gasteiger partial charge in [0.25, 0.3) is 0 Å². The molecule has 2 unspecified atom stereocenters. The lowest BCUT2D eigenvalue weighted by molar-refractivity contribution is 0.263. The van der Waals surface area contributed by atoms with Gasteiger partial charge in [-0.3, -0.25) is 0 Å². The molecule has 1 fully saturated rings. The van der Waals surface area contributed by atoms with Gasteiger partial charge in [-0.15, -0.1) is 0 Å². The molecule has 0 aliphatic carbocycles. The third-order valence-corrected chi connectivity index (χ3v) is 7.68. The van der Waals surface area contributed by atoms with Crippen LogP contribution in [-0.4, -0.2) is 50.8 Å². The van der Waals surface area contributed by atoms with Gasteiger partial charge in [-0.05, 0) is 60.6 Å². The predicted molar refractivity (Wildman–Crippen MR) is 92.0 cm³/mol. The minimum atomic E-state index is -3.48. The molecule has 2 atom stereocenters. The summed E-state index contributed by atoms with van der Waals surface area (Å²) in [6.45, 7) is 5.13. The van der Waals surface area contributed by atoms with Gasteiger partial charge < -0.3 is 4.90 Å². The quantitative estimate of drug-likeness (QED) is 0.726. The minimum Gasteiger partial charge on any atom is -0.305 e. The Balaban J connectivity index is 2.38. The number of nitrogens with zero attached hydrogens (tertiary/aromatic N) is 2. The number of aryl methyl sites for hydroxylation is 1. The van der Waals surface area contributed by atoms with E-state index in [1.165, 1.54) is 0 Å². The summed E-state index contributed by atoms with van der Waals surface area (Å²) < 4.78 is 28.8. The summed E-state index contributed by atoms with van der Waals surface area (Å²) >= 11 is 6.80. The van der Waals surface area contributed by atoms with Gasteiger partial charge in [-0.2, -0.15) is 4.31 Å². The normalized spacial score (nSPS) is 24.0. The third-order valence-electron chi connectivity index (χ3n) is 4.03. The van der Waals surface area contributed by atoms with E-state index in [2.05, 4.69) is 43.7 Å². The maximum absolute atomic E-state index is 12.9. The molecular formula is C14H20Br2N2O2S. The van der Waals surface area contributed by atoms with Crippen molar-refractivity contribution in [2.45, 2.75) is 24.8 Å². The lowest BCUT2D eigenvalue weighted by Gasteiger charge is -2.22. The predicted octanol–water partition coefficient (Wildman–Crippen LogP) is 3.09. The van der Waals surface area contributed by atoms with E-state index in [1.807, 2.05) is 27.1 Å². The summed E-state index contributed by atoms with van der Waals surface area (Å²) in [4.78, 5) is 2.42. The highest BCUT2D eigenvalue weighted by Gasteiger charge is 2.38. The molecule has 7 heteroatoms. The van der Waals surface area contributed by atoms with E-state index in [0.717, 1.165) is 10.0 Å². The topological polar surface area (TPSA) is 40.6 Å². The second kappa shape index (κ2) is 6.28. The van der Waals surface area contributed by atoms with Crippen LogP contribution in [-0.2, 0) is 10.0 Å². The van der Waals surface area contributed by atoms with E-state index in [4.69, 9.17) is 0 Å². The van der Waals surface area contributed by atoms with E-state index in [-0.39, 0.29) is 6.04 Å². The summed E-state index contributed by atoms with van der Waals surface area (Å²) in [5.41, 5.74) is 1.00. The van der Waals surface area contributed by atoms with Crippen molar-refractivity contribution in [1.29, 1.82) is 0 Å². The van der Waals surface area contributed by atoms with Gasteiger partial charge in [0, 0.05) is 28.1 Å². The van der Waals surface area contributed by atoms with E-state index in [9.17, 15) is 8.42 Å². The largest absolute Gasteiger partial charge is 0.305 e. The Morgan fingerprint density at radius 2 is 1.81 bits per heavy atom. The molecule has 1 saturated heterocycles. The van der Waals surface area contributed by atoms with Crippen molar-refractivity contribution in [1.82, 2.24) is 9.21 Å². The van der Waals surface area contributed by atoms with Crippen LogP contribution in [0.4, 0.5) is 0 Å². The molecule has 118 valence electrons. The first-order chi connectivity index (χ1) is 9.64. The zero-order valence-electron chi connectivity index (χ0n) is 12.6. The molecule has 2 rings (SSSR count). The molecule has 4 nitrogen and oxygen atoms in total. The molecule has 0 radical (unpaired) electrons. The highest BCUT2D eigenvalue weighted by atomic mass is 79.9. The number of halogens is 2. The van der Waals surface area contributed by atoms with Gasteiger partial charge >= 0.3 is 0 Å². The lowest BCUT2D eigenvalue weighted by Crippen LogP contribution is -2.35. The summed E-state index contributed by atoms with van der Waals surface area (Å²) in [6, 6.07) is 3.77. The summed E-state index contributed by atoms with van der Waals surface area (Å²) in [7, 11) is 0.513. The number of benzene rings is 1. The Morgan fingerprint density at radius 3 is 2.33 bits per heavy atom. The van der Waals surface area contributed by atoms with Gasteiger partial charge in [-0.25, -0.2) is 8.42 Å². The van der Waals surface area contributed by atoms with Crippen LogP contribution in [0.3, 0.4) is 0 Å². The number of rotatable bonds is 3. The van der Waals surface area contributed by atoms with Gasteiger partial charge in [0.2, 0.25) is 10.0 Å². The van der Waals surface area contributed by atoms with E-state index < -0.39 is 10.0 Å². The monoisotopic (exact) mass is 438 g/mol. The number of sulfonamides is 1. The zero-order chi connectivity index (χ0) is 15.9. The first-order valence-corrected chi connectivity index (χ1v) is 9.79. The maximum atomic E-state index is 12.9. The molecular weight excluding hydrogens is 420 g/mol. The van der Waals surface area contributed by atoms with E-state index in [0.29, 0.717) is 28.4 Å². The van der Waals surface area contributed by atoms with Crippen molar-refractivity contribution in [3.8, 4) is 0 Å². The SMILES string of the molecule is Cc1cc(Br)c(S(=O)(=O)N2CC(C)C(N(C)C)C2)cc1Br. The molecule has 1 heterocycles. The molecule has 1 aliphatic rings. The molecule has 1 aromatic carbocycles. The van der Waals surface area contributed by atoms with Crippen molar-refractivity contribution >= 4 is 41.9 Å². The van der Waals surface area contributed by atoms with Crippen LogP contribution in [0, 0.1) is 12.8 Å². The molecule has 0 amide bonds. The summed E-state index contributed by atoms with van der Waals surface area (Å²) in [5.74, 6) is 0.322. The second-order valence-electron chi connectivity index (χ2n) is 5.86. The summed E-state index contributed by atoms with van der Waals surface area (Å²) in [5, 5.41) is 0. The van der Waals surface area contributed by atoms with Crippen molar-refractivity contribution in [2.75, 3.05) is 27.2 Å². The van der Waals surface area contributed by atoms with Crippen LogP contribution in [0.15, 0.2) is 26.0 Å². The first kappa shape index (κ1) is 17.4. The number of likely N-dealkylation sites (N-methyl/N-ethyl adjacent to an activating group) is 1. The summed E-state index contributed by atoms with van der Waals surface area (Å²) in [6.07, 6.45) is 0. The van der Waals surface area contributed by atoms with Crippen molar-refractivity contribution in [3.63, 3.8) is 0 Å². The van der Waals surface area contributed by atoms with Crippen LogP contribution in [0.5, 0.6) is 0 Å². The smallest absolute Gasteiger partial charge is 0.244 e. The first-order valence-electron chi connectivity index (χ1n) is 6.76. The van der Waals surface area contributed by atoms with Crippen LogP contribution < -0.4 is 0 Å². The Kier molecular flexibility index (Phi) is 5.20. The number of hydrogen-bond donors (Lipinski definition) is 0. The average Bonchev–Trinajstić information content (AvgIpc) is 2.76. The molecule has 0 N–H and O–H groups in total. The molecule has 1 aliphatic heterocycles. The zero-order valence-corrected chi connectivity index (χ0v) is 16.6. The lowest BCUT2D eigenvalue weighted by atomic mass is 10.1. The van der Waals surface area contributed by atoms with E-state index >= 15 is 0 Å². The fourth-order valence-corrected chi connectivity index (χ4v) is 5.94. The molecule has 0 saturated carbocycles. The average molecular weight is 440 g/mol. The molecule has 0 aromatic heterocycles. The number of hydrogen-bond acceptors (Lipinski definition) is 3. The fourth-order valence-electron chi connectivity index (χ4n) is 2.74. The van der Waals surface area contributed by atoms with Gasteiger partial charge in [0.15, 0.2) is 0 Å². The highest BCUT2D eigenvalue weighted by molar-refractivity contribution is 9.11. The maximum Gasteiger partial charge on any atom is 0.244 e. The van der Waals surface area contributed by atoms with E-state index in [1.54, 1.807) is 10.4 Å². The van der Waals surface area contributed by atoms with Gasteiger partial charge in [0.1, 0.15) is 0 Å². The van der Waals surface area contributed by atoms with Crippen LogP contribution in [0.25, 0.3) is 0 Å². The van der Waals surface area contributed by atoms with Gasteiger partial charge in [-0.1, -0.05) is 22.9 Å². The van der Waals surface area contributed by atoms with Crippen LogP contribution in [0.1, 0.15) is 12.5 Å². The van der Waals surface area contributed by atoms with Crippen molar-refractivity contribution in [2.24, 2.45) is 5.92 Å². The second-order valence-corrected chi connectivity index (χ2v) is 9.48. The van der Waals surface area contributed by atoms with Crippen molar-refractivity contribution < 1.29 is 8.42 Å². The fraction of sp³-hybridized carbons (Fsp3) is 0.571. The Hall–Kier alpha value is 0.0500. The minimum absolute atomic E-state index is 0.257. The third kappa shape index (κ3) is 3.37. The molecule has 1 aromatic rings. The van der Waals surface area contributed by atoms with Crippen LogP contribution in [0.2, 0.25) is 0 Å². The molecule has 21 heavy (non-hydrogen) atoms. The highest BCUT2D eigenvalue weighted by Crippen LogP contribution is 2.33. The Bertz CT molecular complexity index is 647. The Labute approximate surface area is 143 Å².